The summed E-state index contributed by atoms with van der Waals surface area (Å²) >= 11 is 1.45. The van der Waals surface area contributed by atoms with Crippen molar-refractivity contribution in [3.63, 3.8) is 0 Å². The molecule has 0 aliphatic carbocycles. The molecule has 18 nitrogen and oxygen atoms in total. The molecule has 75 heavy (non-hydrogen) atoms. The summed E-state index contributed by atoms with van der Waals surface area (Å²) in [5.74, 6) is -5.50. The molecule has 404 valence electrons. The summed E-state index contributed by atoms with van der Waals surface area (Å²) < 4.78 is 12.5. The fourth-order valence-electron chi connectivity index (χ4n) is 9.51. The number of benzene rings is 3. The van der Waals surface area contributed by atoms with Crippen molar-refractivity contribution >= 4 is 80.7 Å². The van der Waals surface area contributed by atoms with Crippen molar-refractivity contribution in [3.8, 4) is 0 Å². The van der Waals surface area contributed by atoms with Gasteiger partial charge in [0.1, 0.15) is 48.3 Å². The highest BCUT2D eigenvalue weighted by Crippen LogP contribution is 2.22. The number of H-pyrrole nitrogens is 1. The number of nitrogens with one attached hydrogen (secondary N) is 8. The van der Waals surface area contributed by atoms with Crippen LogP contribution < -0.4 is 37.2 Å². The number of nitrogens with zero attached hydrogens (tertiary/aromatic N) is 1. The van der Waals surface area contributed by atoms with E-state index in [1.54, 1.807) is 68.6 Å². The molecule has 3 heterocycles. The molecular weight excluding hydrogens is 995 g/mol. The van der Waals surface area contributed by atoms with E-state index in [1.807, 2.05) is 56.5 Å². The number of hydrogen-bond acceptors (Lipinski definition) is 10. The number of carbonyl (C=O) groups is 8. The first kappa shape index (κ1) is 57.7. The fourth-order valence-corrected chi connectivity index (χ4v) is 10.5. The van der Waals surface area contributed by atoms with E-state index < -0.39 is 112 Å². The maximum Gasteiger partial charge on any atom is 0.245 e. The highest BCUT2D eigenvalue weighted by molar-refractivity contribution is 7.98. The van der Waals surface area contributed by atoms with Crippen LogP contribution in [0.4, 0.5) is 0 Å². The highest BCUT2D eigenvalue weighted by Gasteiger charge is 2.41. The molecule has 0 bridgehead atoms. The molecule has 6 rings (SSSR count). The van der Waals surface area contributed by atoms with Crippen LogP contribution in [0.2, 0.25) is 0 Å². The van der Waals surface area contributed by atoms with E-state index >= 15 is 0 Å². The minimum Gasteiger partial charge on any atom is -0.361 e. The van der Waals surface area contributed by atoms with Crippen LogP contribution >= 0.6 is 11.8 Å². The molecule has 1 aromatic heterocycles. The van der Waals surface area contributed by atoms with E-state index in [0.717, 1.165) is 10.9 Å². The molecular formula is C55H73N9O9S2. The van der Waals surface area contributed by atoms with Crippen LogP contribution in [-0.4, -0.2) is 140 Å². The molecule has 2 aliphatic rings. The van der Waals surface area contributed by atoms with Gasteiger partial charge >= 0.3 is 0 Å². The molecule has 9 atom stereocenters. The Morgan fingerprint density at radius 2 is 1.09 bits per heavy atom. The molecule has 8 amide bonds. The van der Waals surface area contributed by atoms with E-state index in [4.69, 9.17) is 0 Å². The first-order chi connectivity index (χ1) is 35.9. The lowest BCUT2D eigenvalue weighted by Crippen LogP contribution is -2.62. The van der Waals surface area contributed by atoms with Crippen molar-refractivity contribution in [2.24, 2.45) is 11.8 Å². The Bertz CT molecular complexity index is 2650. The molecule has 2 fully saturated rings. The van der Waals surface area contributed by atoms with Crippen LogP contribution in [0.5, 0.6) is 0 Å². The van der Waals surface area contributed by atoms with Gasteiger partial charge in [0.25, 0.3) is 0 Å². The number of aromatic nitrogens is 1. The number of para-hydroxylation sites is 1. The van der Waals surface area contributed by atoms with Crippen LogP contribution in [0.1, 0.15) is 76.5 Å². The largest absolute Gasteiger partial charge is 0.361 e. The van der Waals surface area contributed by atoms with Crippen molar-refractivity contribution in [2.45, 2.75) is 127 Å². The summed E-state index contributed by atoms with van der Waals surface area (Å²) in [6.45, 7) is 7.36. The maximum atomic E-state index is 14.9. The predicted molar refractivity (Wildman–Crippen MR) is 291 cm³/mol. The van der Waals surface area contributed by atoms with Gasteiger partial charge in [-0.15, -0.1) is 0 Å². The van der Waals surface area contributed by atoms with Crippen molar-refractivity contribution in [1.82, 2.24) is 47.1 Å². The Morgan fingerprint density at radius 3 is 1.68 bits per heavy atom. The Kier molecular flexibility index (Phi) is 21.4. The van der Waals surface area contributed by atoms with Gasteiger partial charge < -0.3 is 47.1 Å². The Labute approximate surface area is 446 Å². The smallest absolute Gasteiger partial charge is 0.245 e. The lowest BCUT2D eigenvalue weighted by molar-refractivity contribution is -0.142. The van der Waals surface area contributed by atoms with Crippen LogP contribution in [0.25, 0.3) is 10.9 Å². The Hall–Kier alpha value is -6.54. The first-order valence-electron chi connectivity index (χ1n) is 25.8. The summed E-state index contributed by atoms with van der Waals surface area (Å²) in [5.41, 5.74) is 2.88. The second kappa shape index (κ2) is 27.8. The van der Waals surface area contributed by atoms with Gasteiger partial charge in [0.05, 0.1) is 0 Å². The third-order valence-electron chi connectivity index (χ3n) is 13.5. The summed E-state index contributed by atoms with van der Waals surface area (Å²) in [7, 11) is -1.37. The van der Waals surface area contributed by atoms with Gasteiger partial charge in [-0.1, -0.05) is 107 Å². The molecule has 0 radical (unpaired) electrons. The minimum atomic E-state index is -1.37. The third kappa shape index (κ3) is 16.5. The van der Waals surface area contributed by atoms with Crippen LogP contribution in [-0.2, 0) is 68.4 Å². The molecule has 3 aromatic carbocycles. The fraction of sp³-hybridized carbons (Fsp3) is 0.491. The molecule has 2 saturated heterocycles. The molecule has 4 aromatic rings. The van der Waals surface area contributed by atoms with Crippen LogP contribution in [0.15, 0.2) is 91.1 Å². The second-order valence-electron chi connectivity index (χ2n) is 20.2. The molecule has 20 heteroatoms. The van der Waals surface area contributed by atoms with Crippen LogP contribution in [0, 0.1) is 11.8 Å². The lowest BCUT2D eigenvalue weighted by atomic mass is 9.99. The van der Waals surface area contributed by atoms with E-state index in [1.165, 1.54) is 22.9 Å². The first-order valence-corrected chi connectivity index (χ1v) is 28.9. The van der Waals surface area contributed by atoms with Crippen LogP contribution in [0.3, 0.4) is 0 Å². The van der Waals surface area contributed by atoms with E-state index in [2.05, 4.69) is 42.2 Å². The summed E-state index contributed by atoms with van der Waals surface area (Å²) in [4.78, 5) is 122. The standard InChI is InChI=1S/C55H73N9O9S2/c1-33(2)28-42-49(66)58-41(24-27-75(6)73)55(72)64-25-15-22-46(64)53(70)62-44(30-36-18-11-8-12-19-36)51(68)60-43(29-35-16-9-7-10-17-35)50(67)61-45(31-37-32-56-39-21-14-13-20-38(37)39)52(69)63-47(34(3)4)54(71)57-40(23-26-74-5)48(65)59-42/h7-14,16-21,32-34,40-47,56H,15,22-31H2,1-6H3,(H,57,71)(H,58,66)(H,59,65)(H,60,68)(H,61,67)(H,62,70)(H,63,69)/t40-,41-,42-,43-,44-,45-,46-,47-,75+/m0/s1. The summed E-state index contributed by atoms with van der Waals surface area (Å²) in [6, 6.07) is 15.8. The van der Waals surface area contributed by atoms with E-state index in [-0.39, 0.29) is 63.2 Å². The third-order valence-corrected chi connectivity index (χ3v) is 15.0. The topological polar surface area (TPSA) is 257 Å². The monoisotopic (exact) mass is 1070 g/mol. The van der Waals surface area contributed by atoms with Gasteiger partial charge in [0.2, 0.25) is 47.3 Å². The number of fused-ring (bicyclic) bond motifs is 2. The number of amides is 8. The molecule has 0 saturated carbocycles. The average Bonchev–Trinajstić information content (AvgIpc) is 4.05. The van der Waals surface area contributed by atoms with Gasteiger partial charge in [-0.3, -0.25) is 42.6 Å². The van der Waals surface area contributed by atoms with Gasteiger partial charge in [-0.25, -0.2) is 0 Å². The minimum absolute atomic E-state index is 0.00506. The predicted octanol–water partition coefficient (Wildman–Crippen LogP) is 2.82. The number of hydrogen-bond donors (Lipinski definition) is 8. The number of carbonyl (C=O) groups excluding carboxylic acids is 8. The van der Waals surface area contributed by atoms with Crippen molar-refractivity contribution in [2.75, 3.05) is 30.6 Å². The van der Waals surface area contributed by atoms with Crippen molar-refractivity contribution < 1.29 is 42.6 Å². The Balaban J connectivity index is 1.44. The maximum absolute atomic E-state index is 14.9. The zero-order valence-corrected chi connectivity index (χ0v) is 45.3. The SMILES string of the molecule is CSCC[C@@H]1NC(=O)[C@H](C(C)C)NC(=O)[C@H](Cc2c[nH]c3ccccc23)NC(=O)[C@H](Cc2ccccc2)NC(=O)[C@H](Cc2ccccc2)NC(=O)[C@@H]2CCCN2C(=O)[C@H](CC[S@@](C)=O)NC(=O)[C@H](CC(C)C)NC1=O. The molecule has 2 aliphatic heterocycles. The second-order valence-corrected chi connectivity index (χ2v) is 22.7. The zero-order valence-electron chi connectivity index (χ0n) is 43.6. The Morgan fingerprint density at radius 1 is 0.587 bits per heavy atom. The zero-order chi connectivity index (χ0) is 54.2. The van der Waals surface area contributed by atoms with Crippen molar-refractivity contribution in [3.05, 3.63) is 108 Å². The number of aromatic amines is 1. The van der Waals surface area contributed by atoms with E-state index in [9.17, 15) is 42.6 Å². The van der Waals surface area contributed by atoms with E-state index in [0.29, 0.717) is 28.9 Å². The van der Waals surface area contributed by atoms with Gasteiger partial charge in [0, 0.05) is 65.7 Å². The molecule has 8 N–H and O–H groups in total. The molecule has 0 spiro atoms. The highest BCUT2D eigenvalue weighted by atomic mass is 32.2. The van der Waals surface area contributed by atoms with Gasteiger partial charge in [-0.05, 0) is 78.7 Å². The quantitative estimate of drug-likeness (QED) is 0.0864. The average molecular weight is 1070 g/mol. The normalized spacial score (nSPS) is 24.6. The van der Waals surface area contributed by atoms with Crippen molar-refractivity contribution in [1.29, 1.82) is 0 Å². The summed E-state index contributed by atoms with van der Waals surface area (Å²) in [5, 5.41) is 20.9. The molecule has 0 unspecified atom stereocenters. The summed E-state index contributed by atoms with van der Waals surface area (Å²) in [6.07, 6.45) is 5.98. The number of rotatable bonds is 15. The van der Waals surface area contributed by atoms with Gasteiger partial charge in [-0.2, -0.15) is 11.8 Å². The lowest BCUT2D eigenvalue weighted by Gasteiger charge is -2.32. The van der Waals surface area contributed by atoms with Gasteiger partial charge in [0.15, 0.2) is 0 Å². The number of thioether (sulfide) groups is 1.